The molecular weight excluding hydrogens is 419 g/mol. The zero-order valence-electron chi connectivity index (χ0n) is 15.9. The Morgan fingerprint density at radius 2 is 1.72 bits per heavy atom. The van der Waals surface area contributed by atoms with Gasteiger partial charge in [0.1, 0.15) is 0 Å². The maximum atomic E-state index is 11.6. The largest absolute Gasteiger partial charge is 0.350 e. The van der Waals surface area contributed by atoms with E-state index >= 15 is 0 Å². The van der Waals surface area contributed by atoms with Crippen LogP contribution in [-0.2, 0) is 6.42 Å². The number of benzene rings is 1. The lowest BCUT2D eigenvalue weighted by molar-refractivity contribution is 0.253. The van der Waals surface area contributed by atoms with E-state index in [0.717, 1.165) is 5.56 Å². The minimum Gasteiger partial charge on any atom is -0.350 e. The number of halogens is 2. The summed E-state index contributed by atoms with van der Waals surface area (Å²) in [5.74, 6) is 11.2. The average molecular weight is 441 g/mol. The minimum absolute atomic E-state index is 0.0334. The molecule has 2 rings (SSSR count). The van der Waals surface area contributed by atoms with E-state index in [1.807, 2.05) is 13.0 Å². The van der Waals surface area contributed by atoms with Crippen molar-refractivity contribution >= 4 is 47.0 Å². The number of hydrogen-bond donors (Lipinski definition) is 4. The van der Waals surface area contributed by atoms with Crippen LogP contribution in [0.25, 0.3) is 0 Å². The van der Waals surface area contributed by atoms with Gasteiger partial charge in [0.2, 0.25) is 0 Å². The van der Waals surface area contributed by atoms with Gasteiger partial charge >= 0.3 is 12.1 Å². The number of aromatic nitrogens is 2. The molecule has 0 bridgehead atoms. The van der Waals surface area contributed by atoms with E-state index in [-0.39, 0.29) is 17.7 Å². The second-order valence-corrected chi connectivity index (χ2v) is 7.28. The molecule has 0 aliphatic rings. The molecule has 0 aliphatic carbocycles. The Balaban J connectivity index is 2.37. The zero-order chi connectivity index (χ0) is 21.9. The molecule has 1 aromatic carbocycles. The van der Waals surface area contributed by atoms with Crippen LogP contribution in [0.2, 0.25) is 10.0 Å². The maximum Gasteiger partial charge on any atom is 0.336 e. The number of carbonyl (C=O) groups is 2. The van der Waals surface area contributed by atoms with E-state index in [2.05, 4.69) is 9.97 Å². The lowest BCUT2D eigenvalue weighted by Gasteiger charge is -2.22. The van der Waals surface area contributed by atoms with Crippen LogP contribution >= 0.6 is 23.2 Å². The summed E-state index contributed by atoms with van der Waals surface area (Å²) in [6.07, 6.45) is 1.08. The lowest BCUT2D eigenvalue weighted by atomic mass is 9.93. The molecule has 0 spiro atoms. The fraction of sp³-hybridized carbons (Fsp3) is 0.294. The summed E-state index contributed by atoms with van der Waals surface area (Å²) >= 11 is 12.2. The first kappa shape index (κ1) is 22.6. The molecule has 0 fully saturated rings. The van der Waals surface area contributed by atoms with Crippen molar-refractivity contribution in [2.75, 3.05) is 10.0 Å². The SMILES string of the molecule is Cc1nc(N(N)C(N)=O)nc(N(N)C(N)=O)c1CCC(C)c1ccc(Cl)cc1Cl. The summed E-state index contributed by atoms with van der Waals surface area (Å²) in [6.45, 7) is 3.68. The van der Waals surface area contributed by atoms with Crippen molar-refractivity contribution in [3.8, 4) is 0 Å². The third-order valence-electron chi connectivity index (χ3n) is 4.42. The quantitative estimate of drug-likeness (QED) is 0.304. The Kier molecular flexibility index (Phi) is 7.20. The number of rotatable bonds is 6. The van der Waals surface area contributed by atoms with Gasteiger partial charge in [-0.25, -0.2) is 31.3 Å². The Morgan fingerprint density at radius 1 is 1.10 bits per heavy atom. The maximum absolute atomic E-state index is 11.6. The molecule has 4 amide bonds. The van der Waals surface area contributed by atoms with Crippen molar-refractivity contribution in [2.45, 2.75) is 32.6 Å². The molecular formula is C17H22Cl2N8O2. The van der Waals surface area contributed by atoms with Gasteiger partial charge in [0, 0.05) is 21.3 Å². The second kappa shape index (κ2) is 9.23. The highest BCUT2D eigenvalue weighted by Gasteiger charge is 2.23. The third-order valence-corrected chi connectivity index (χ3v) is 4.98. The van der Waals surface area contributed by atoms with E-state index in [9.17, 15) is 9.59 Å². The molecule has 0 radical (unpaired) electrons. The fourth-order valence-corrected chi connectivity index (χ4v) is 3.38. The van der Waals surface area contributed by atoms with Crippen molar-refractivity contribution in [2.24, 2.45) is 23.2 Å². The highest BCUT2D eigenvalue weighted by molar-refractivity contribution is 6.35. The van der Waals surface area contributed by atoms with E-state index in [1.165, 1.54) is 0 Å². The topological polar surface area (TPSA) is 170 Å². The summed E-state index contributed by atoms with van der Waals surface area (Å²) in [7, 11) is 0. The zero-order valence-corrected chi connectivity index (χ0v) is 17.4. The molecule has 0 saturated carbocycles. The number of hydrazine groups is 2. The van der Waals surface area contributed by atoms with Crippen LogP contribution < -0.4 is 33.2 Å². The first-order chi connectivity index (χ1) is 13.5. The van der Waals surface area contributed by atoms with Crippen molar-refractivity contribution in [1.82, 2.24) is 9.97 Å². The molecule has 8 N–H and O–H groups in total. The van der Waals surface area contributed by atoms with Gasteiger partial charge in [-0.2, -0.15) is 9.99 Å². The van der Waals surface area contributed by atoms with Crippen LogP contribution in [0.1, 0.15) is 36.1 Å². The highest BCUT2D eigenvalue weighted by Crippen LogP contribution is 2.32. The number of anilines is 2. The van der Waals surface area contributed by atoms with Crippen LogP contribution in [0.15, 0.2) is 18.2 Å². The van der Waals surface area contributed by atoms with E-state index < -0.39 is 12.1 Å². The fourth-order valence-electron chi connectivity index (χ4n) is 2.79. The summed E-state index contributed by atoms with van der Waals surface area (Å²) < 4.78 is 0. The van der Waals surface area contributed by atoms with Crippen LogP contribution in [0.4, 0.5) is 21.4 Å². The van der Waals surface area contributed by atoms with Gasteiger partial charge in [-0.05, 0) is 43.4 Å². The number of urea groups is 2. The van der Waals surface area contributed by atoms with Crippen LogP contribution in [0, 0.1) is 6.92 Å². The molecule has 10 nitrogen and oxygen atoms in total. The normalized spacial score (nSPS) is 11.8. The molecule has 156 valence electrons. The smallest absolute Gasteiger partial charge is 0.336 e. The van der Waals surface area contributed by atoms with E-state index in [0.29, 0.717) is 44.2 Å². The van der Waals surface area contributed by atoms with E-state index in [1.54, 1.807) is 19.1 Å². The lowest BCUT2D eigenvalue weighted by Crippen LogP contribution is -2.45. The van der Waals surface area contributed by atoms with Crippen molar-refractivity contribution in [1.29, 1.82) is 0 Å². The number of amides is 4. The van der Waals surface area contributed by atoms with Gasteiger partial charge in [0.15, 0.2) is 5.82 Å². The summed E-state index contributed by atoms with van der Waals surface area (Å²) in [6, 6.07) is 3.39. The second-order valence-electron chi connectivity index (χ2n) is 6.43. The Bertz CT molecular complexity index is 940. The highest BCUT2D eigenvalue weighted by atomic mass is 35.5. The molecule has 1 heterocycles. The molecule has 0 aliphatic heterocycles. The minimum atomic E-state index is -0.975. The van der Waals surface area contributed by atoms with Gasteiger partial charge in [0.05, 0.1) is 0 Å². The first-order valence-electron chi connectivity index (χ1n) is 8.53. The van der Waals surface area contributed by atoms with Crippen LogP contribution in [-0.4, -0.2) is 22.0 Å². The van der Waals surface area contributed by atoms with Gasteiger partial charge < -0.3 is 11.5 Å². The monoisotopic (exact) mass is 440 g/mol. The number of aryl methyl sites for hydroxylation is 1. The number of nitrogens with two attached hydrogens (primary N) is 4. The van der Waals surface area contributed by atoms with Crippen molar-refractivity contribution < 1.29 is 9.59 Å². The molecule has 1 unspecified atom stereocenters. The van der Waals surface area contributed by atoms with Crippen LogP contribution in [0.3, 0.4) is 0 Å². The molecule has 1 atom stereocenters. The Morgan fingerprint density at radius 3 is 2.28 bits per heavy atom. The number of carbonyl (C=O) groups excluding carboxylic acids is 2. The van der Waals surface area contributed by atoms with Gasteiger partial charge in [-0.15, -0.1) is 0 Å². The summed E-state index contributed by atoms with van der Waals surface area (Å²) in [5.41, 5.74) is 12.4. The number of primary amides is 2. The molecule has 1 aromatic heterocycles. The number of nitrogens with zero attached hydrogens (tertiary/aromatic N) is 4. The molecule has 12 heteroatoms. The first-order valence-corrected chi connectivity index (χ1v) is 9.29. The average Bonchev–Trinajstić information content (AvgIpc) is 2.64. The van der Waals surface area contributed by atoms with Crippen molar-refractivity contribution in [3.63, 3.8) is 0 Å². The number of hydrogen-bond acceptors (Lipinski definition) is 6. The van der Waals surface area contributed by atoms with Gasteiger partial charge in [-0.1, -0.05) is 36.2 Å². The predicted octanol–water partition coefficient (Wildman–Crippen LogP) is 2.35. The van der Waals surface area contributed by atoms with E-state index in [4.69, 9.17) is 46.4 Å². The third kappa shape index (κ3) is 5.24. The predicted molar refractivity (Wildman–Crippen MR) is 112 cm³/mol. The van der Waals surface area contributed by atoms with Gasteiger partial charge in [0.25, 0.3) is 5.95 Å². The summed E-state index contributed by atoms with van der Waals surface area (Å²) in [4.78, 5) is 31.2. The van der Waals surface area contributed by atoms with Crippen molar-refractivity contribution in [3.05, 3.63) is 45.1 Å². The Hall–Kier alpha value is -2.66. The summed E-state index contributed by atoms with van der Waals surface area (Å²) in [5, 5.41) is 2.33. The molecule has 0 saturated heterocycles. The molecule has 29 heavy (non-hydrogen) atoms. The Labute approximate surface area is 177 Å². The standard InChI is InChI=1S/C17H22Cl2N8O2/c1-8(11-6-4-10(18)7-13(11)19)3-5-12-9(2)24-17(27(23)16(21)29)25-14(12)26(22)15(20)28/h4,6-8H,3,5,22-23H2,1-2H3,(H2,20,28)(H2,21,29). The van der Waals surface area contributed by atoms with Crippen LogP contribution in [0.5, 0.6) is 0 Å². The van der Waals surface area contributed by atoms with Gasteiger partial charge in [-0.3, -0.25) is 0 Å². The molecule has 2 aromatic rings.